The van der Waals surface area contributed by atoms with Crippen molar-refractivity contribution in [3.63, 3.8) is 0 Å². The number of carboxylic acids is 1. The predicted molar refractivity (Wildman–Crippen MR) is 78.9 cm³/mol. The van der Waals surface area contributed by atoms with Crippen LogP contribution in [-0.4, -0.2) is 61.1 Å². The molecule has 2 amide bonds. The average molecular weight is 320 g/mol. The summed E-state index contributed by atoms with van der Waals surface area (Å²) in [5.41, 5.74) is 0. The minimum atomic E-state index is -3.25. The third-order valence-corrected chi connectivity index (χ3v) is 6.19. The van der Waals surface area contributed by atoms with Gasteiger partial charge in [0.1, 0.15) is 0 Å². The third kappa shape index (κ3) is 5.18. The van der Waals surface area contributed by atoms with Gasteiger partial charge in [-0.05, 0) is 32.6 Å². The van der Waals surface area contributed by atoms with E-state index in [9.17, 15) is 18.0 Å². The summed E-state index contributed by atoms with van der Waals surface area (Å²) in [4.78, 5) is 24.3. The molecule has 0 unspecified atom stereocenters. The number of nitrogens with zero attached hydrogens (tertiary/aromatic N) is 1. The molecule has 0 bridgehead atoms. The van der Waals surface area contributed by atoms with Crippen LogP contribution in [0.5, 0.6) is 0 Å². The zero-order valence-electron chi connectivity index (χ0n) is 12.8. The number of aliphatic carboxylic acids is 1. The van der Waals surface area contributed by atoms with Crippen molar-refractivity contribution in [2.24, 2.45) is 5.92 Å². The molecule has 0 radical (unpaired) electrons. The highest BCUT2D eigenvalue weighted by atomic mass is 32.2. The number of carboxylic acid groups (broad SMARTS) is 1. The summed E-state index contributed by atoms with van der Waals surface area (Å²) >= 11 is 0. The maximum Gasteiger partial charge on any atom is 0.317 e. The Labute approximate surface area is 125 Å². The van der Waals surface area contributed by atoms with Crippen LogP contribution in [0, 0.1) is 5.92 Å². The first-order chi connectivity index (χ1) is 9.53. The molecule has 21 heavy (non-hydrogen) atoms. The number of hydrogen-bond donors (Lipinski definition) is 2. The van der Waals surface area contributed by atoms with E-state index < -0.39 is 20.6 Å². The second-order valence-electron chi connectivity index (χ2n) is 6.22. The van der Waals surface area contributed by atoms with Gasteiger partial charge in [0.25, 0.3) is 0 Å². The predicted octanol–water partition coefficient (Wildman–Crippen LogP) is 0.706. The quantitative estimate of drug-likeness (QED) is 0.776. The molecule has 0 atom stereocenters. The molecule has 1 fully saturated rings. The number of piperidine rings is 1. The van der Waals surface area contributed by atoms with E-state index >= 15 is 0 Å². The van der Waals surface area contributed by atoms with Crippen LogP contribution in [0.25, 0.3) is 0 Å². The van der Waals surface area contributed by atoms with Crippen LogP contribution in [0.2, 0.25) is 0 Å². The lowest BCUT2D eigenvalue weighted by atomic mass is 9.94. The molecule has 8 heteroatoms. The van der Waals surface area contributed by atoms with Crippen molar-refractivity contribution in [1.82, 2.24) is 10.2 Å². The minimum absolute atomic E-state index is 0.0553. The van der Waals surface area contributed by atoms with E-state index in [1.807, 2.05) is 0 Å². The van der Waals surface area contributed by atoms with Gasteiger partial charge in [0.15, 0.2) is 9.84 Å². The summed E-state index contributed by atoms with van der Waals surface area (Å²) < 4.78 is 22.1. The first-order valence-corrected chi connectivity index (χ1v) is 8.86. The van der Waals surface area contributed by atoms with Crippen molar-refractivity contribution in [2.45, 2.75) is 37.9 Å². The Hall–Kier alpha value is -1.31. The summed E-state index contributed by atoms with van der Waals surface area (Å²) in [7, 11) is -3.25. The van der Waals surface area contributed by atoms with E-state index in [2.05, 4.69) is 5.32 Å². The molecule has 0 aromatic rings. The number of sulfone groups is 1. The van der Waals surface area contributed by atoms with E-state index in [1.54, 1.807) is 18.7 Å². The largest absolute Gasteiger partial charge is 0.481 e. The zero-order chi connectivity index (χ0) is 16.3. The fraction of sp³-hybridized carbons (Fsp3) is 0.846. The highest BCUT2D eigenvalue weighted by Gasteiger charge is 2.32. The normalized spacial score (nSPS) is 17.6. The lowest BCUT2D eigenvalue weighted by molar-refractivity contribution is -0.138. The Morgan fingerprint density at radius 3 is 2.24 bits per heavy atom. The molecule has 0 aliphatic carbocycles. The fourth-order valence-electron chi connectivity index (χ4n) is 2.12. The van der Waals surface area contributed by atoms with Crippen LogP contribution >= 0.6 is 0 Å². The number of carbonyl (C=O) groups excluding carboxylic acids is 1. The molecule has 1 aliphatic rings. The molecular formula is C13H24N2O5S. The maximum absolute atomic E-state index is 12.0. The smallest absolute Gasteiger partial charge is 0.317 e. The maximum atomic E-state index is 12.0. The molecule has 1 heterocycles. The van der Waals surface area contributed by atoms with Crippen molar-refractivity contribution >= 4 is 21.8 Å². The summed E-state index contributed by atoms with van der Waals surface area (Å²) in [6.45, 7) is 4.20. The summed E-state index contributed by atoms with van der Waals surface area (Å²) in [6, 6.07) is -0.291. The van der Waals surface area contributed by atoms with Crippen molar-refractivity contribution in [2.75, 3.05) is 25.9 Å². The Balaban J connectivity index is 2.43. The van der Waals surface area contributed by atoms with Gasteiger partial charge in [0.05, 0.1) is 4.75 Å². The van der Waals surface area contributed by atoms with E-state index in [4.69, 9.17) is 5.11 Å². The van der Waals surface area contributed by atoms with Crippen LogP contribution in [0.1, 0.15) is 33.1 Å². The topological polar surface area (TPSA) is 104 Å². The van der Waals surface area contributed by atoms with Gasteiger partial charge in [-0.2, -0.15) is 0 Å². The van der Waals surface area contributed by atoms with Gasteiger partial charge < -0.3 is 15.3 Å². The molecule has 0 aromatic heterocycles. The number of nitrogens with one attached hydrogen (secondary N) is 1. The molecular weight excluding hydrogens is 296 g/mol. The molecule has 2 N–H and O–H groups in total. The molecule has 7 nitrogen and oxygen atoms in total. The third-order valence-electron chi connectivity index (χ3n) is 4.03. The lowest BCUT2D eigenvalue weighted by Gasteiger charge is -2.32. The van der Waals surface area contributed by atoms with E-state index in [0.717, 1.165) is 6.26 Å². The molecule has 0 spiro atoms. The Morgan fingerprint density at radius 1 is 1.29 bits per heavy atom. The summed E-state index contributed by atoms with van der Waals surface area (Å²) in [6.07, 6.45) is 2.61. The first kappa shape index (κ1) is 17.7. The molecule has 1 saturated heterocycles. The number of rotatable bonds is 5. The van der Waals surface area contributed by atoms with Crippen LogP contribution in [0.3, 0.4) is 0 Å². The van der Waals surface area contributed by atoms with Crippen molar-refractivity contribution in [3.8, 4) is 0 Å². The van der Waals surface area contributed by atoms with Gasteiger partial charge in [0, 0.05) is 32.3 Å². The highest BCUT2D eigenvalue weighted by molar-refractivity contribution is 7.92. The Bertz CT molecular complexity index is 493. The fourth-order valence-corrected chi connectivity index (χ4v) is 2.45. The second kappa shape index (κ2) is 6.64. The zero-order valence-corrected chi connectivity index (χ0v) is 13.6. The monoisotopic (exact) mass is 320 g/mol. The number of likely N-dealkylation sites (tertiary alicyclic amines) is 1. The van der Waals surface area contributed by atoms with Crippen molar-refractivity contribution in [1.29, 1.82) is 0 Å². The van der Waals surface area contributed by atoms with Crippen LogP contribution in [0.15, 0.2) is 0 Å². The number of amides is 2. The lowest BCUT2D eigenvalue weighted by Crippen LogP contribution is -2.50. The molecule has 1 aliphatic heterocycles. The number of urea groups is 1. The standard InChI is InChI=1S/C13H24N2O5S/c1-13(2,21(3,19)20)9-14-12(18)15-6-4-10(5-7-15)8-11(16)17/h10H,4-9H2,1-3H3,(H,14,18)(H,16,17). The highest BCUT2D eigenvalue weighted by Crippen LogP contribution is 2.20. The molecule has 1 rings (SSSR count). The number of carbonyl (C=O) groups is 2. The molecule has 122 valence electrons. The average Bonchev–Trinajstić information content (AvgIpc) is 2.35. The summed E-state index contributed by atoms with van der Waals surface area (Å²) in [5.74, 6) is -0.702. The molecule has 0 saturated carbocycles. The Morgan fingerprint density at radius 2 is 1.81 bits per heavy atom. The van der Waals surface area contributed by atoms with Crippen LogP contribution < -0.4 is 5.32 Å². The van der Waals surface area contributed by atoms with E-state index in [-0.39, 0.29) is 24.9 Å². The van der Waals surface area contributed by atoms with Crippen LogP contribution in [-0.2, 0) is 14.6 Å². The SMILES string of the molecule is CC(C)(CNC(=O)N1CCC(CC(=O)O)CC1)S(C)(=O)=O. The van der Waals surface area contributed by atoms with Gasteiger partial charge in [-0.25, -0.2) is 13.2 Å². The van der Waals surface area contributed by atoms with E-state index in [1.165, 1.54) is 0 Å². The van der Waals surface area contributed by atoms with Crippen molar-refractivity contribution in [3.05, 3.63) is 0 Å². The first-order valence-electron chi connectivity index (χ1n) is 6.97. The molecule has 0 aromatic carbocycles. The van der Waals surface area contributed by atoms with Gasteiger partial charge >= 0.3 is 12.0 Å². The summed E-state index contributed by atoms with van der Waals surface area (Å²) in [5, 5.41) is 11.4. The van der Waals surface area contributed by atoms with Gasteiger partial charge in [-0.15, -0.1) is 0 Å². The number of hydrogen-bond acceptors (Lipinski definition) is 4. The van der Waals surface area contributed by atoms with Gasteiger partial charge in [0.2, 0.25) is 0 Å². The second-order valence-corrected chi connectivity index (χ2v) is 8.87. The minimum Gasteiger partial charge on any atom is -0.481 e. The van der Waals surface area contributed by atoms with Crippen molar-refractivity contribution < 1.29 is 23.1 Å². The van der Waals surface area contributed by atoms with E-state index in [0.29, 0.717) is 25.9 Å². The van der Waals surface area contributed by atoms with Crippen LogP contribution in [0.4, 0.5) is 4.79 Å². The van der Waals surface area contributed by atoms with Gasteiger partial charge in [-0.3, -0.25) is 4.79 Å². The van der Waals surface area contributed by atoms with Gasteiger partial charge in [-0.1, -0.05) is 0 Å². The Kier molecular flexibility index (Phi) is 5.61.